The molecule has 2 atom stereocenters. The van der Waals surface area contributed by atoms with Gasteiger partial charge in [-0.05, 0) is 61.4 Å². The van der Waals surface area contributed by atoms with E-state index in [2.05, 4.69) is 10.6 Å². The van der Waals surface area contributed by atoms with Crippen molar-refractivity contribution in [2.45, 2.75) is 25.7 Å². The largest absolute Gasteiger partial charge is 0.481 e. The fraction of sp³-hybridized carbons (Fsp3) is 0.133. The first-order valence-corrected chi connectivity index (χ1v) is 12.8. The van der Waals surface area contributed by atoms with Crippen molar-refractivity contribution in [3.05, 3.63) is 117 Å². The Morgan fingerprint density at radius 1 is 0.675 bits per heavy atom. The van der Waals surface area contributed by atoms with Crippen LogP contribution in [0.4, 0.5) is 31.5 Å². The summed E-state index contributed by atoms with van der Waals surface area (Å²) in [7, 11) is 0. The van der Waals surface area contributed by atoms with Crippen molar-refractivity contribution in [3.8, 4) is 0 Å². The fourth-order valence-corrected chi connectivity index (χ4v) is 4.94. The first-order chi connectivity index (χ1) is 19.0. The van der Waals surface area contributed by atoms with Crippen LogP contribution in [0.15, 0.2) is 72.8 Å². The van der Waals surface area contributed by atoms with E-state index in [1.807, 2.05) is 0 Å². The maximum Gasteiger partial charge on any atom is 0.312 e. The number of rotatable bonds is 9. The lowest BCUT2D eigenvalue weighted by Gasteiger charge is -2.27. The molecule has 0 aromatic heterocycles. The fourth-order valence-electron chi connectivity index (χ4n) is 4.52. The van der Waals surface area contributed by atoms with E-state index in [4.69, 9.17) is 23.2 Å². The average Bonchev–Trinajstić information content (AvgIpc) is 2.88. The van der Waals surface area contributed by atoms with Gasteiger partial charge < -0.3 is 20.8 Å². The highest BCUT2D eigenvalue weighted by Gasteiger charge is 2.39. The minimum atomic E-state index is -1.65. The van der Waals surface area contributed by atoms with Crippen molar-refractivity contribution in [2.75, 3.05) is 10.6 Å². The highest BCUT2D eigenvalue weighted by molar-refractivity contribution is 6.33. The van der Waals surface area contributed by atoms with Gasteiger partial charge in [-0.25, -0.2) is 8.78 Å². The van der Waals surface area contributed by atoms with E-state index in [9.17, 15) is 28.6 Å². The highest BCUT2D eigenvalue weighted by Crippen LogP contribution is 2.43. The lowest BCUT2D eigenvalue weighted by Crippen LogP contribution is -2.28. The molecule has 0 amide bonds. The molecular formula is C30H24Cl2F2N2O4. The number of para-hydroxylation sites is 2. The van der Waals surface area contributed by atoms with E-state index >= 15 is 0 Å². The second kappa shape index (κ2) is 11.9. The molecule has 4 rings (SSSR count). The highest BCUT2D eigenvalue weighted by atomic mass is 35.5. The number of benzene rings is 4. The third kappa shape index (κ3) is 6.03. The Kier molecular flexibility index (Phi) is 8.61. The van der Waals surface area contributed by atoms with Gasteiger partial charge >= 0.3 is 11.9 Å². The molecule has 2 unspecified atom stereocenters. The molecular weight excluding hydrogens is 561 g/mol. The Bertz CT molecular complexity index is 1450. The van der Waals surface area contributed by atoms with Gasteiger partial charge in [0.1, 0.15) is 23.5 Å². The van der Waals surface area contributed by atoms with Gasteiger partial charge in [0.15, 0.2) is 0 Å². The summed E-state index contributed by atoms with van der Waals surface area (Å²) in [4.78, 5) is 25.7. The summed E-state index contributed by atoms with van der Waals surface area (Å²) in [5.74, 6) is -7.51. The Balaban J connectivity index is 1.90. The predicted octanol–water partition coefficient (Wildman–Crippen LogP) is 8.41. The maximum absolute atomic E-state index is 14.6. The molecule has 40 heavy (non-hydrogen) atoms. The molecule has 0 aliphatic heterocycles. The summed E-state index contributed by atoms with van der Waals surface area (Å²) in [6, 6.07) is 17.6. The molecule has 0 aliphatic rings. The molecule has 0 spiro atoms. The molecule has 206 valence electrons. The minimum Gasteiger partial charge on any atom is -0.481 e. The van der Waals surface area contributed by atoms with Crippen LogP contribution < -0.4 is 10.6 Å². The predicted molar refractivity (Wildman–Crippen MR) is 152 cm³/mol. The van der Waals surface area contributed by atoms with E-state index in [-0.39, 0.29) is 43.9 Å². The standard InChI is InChI=1S/C30H24Cl2F2N2O4/c1-15-9-11-23(35-27-19(31)5-3-7-21(27)33)17(13-15)25(29(37)38)26(30(39)40)18-14-16(2)10-12-24(18)36-28-20(32)6-4-8-22(28)34/h3-14,25-26,35-36H,1-2H3,(H,37,38)(H,39,40). The van der Waals surface area contributed by atoms with Crippen LogP contribution in [0.5, 0.6) is 0 Å². The topological polar surface area (TPSA) is 98.7 Å². The molecule has 0 saturated heterocycles. The molecule has 4 aromatic rings. The van der Waals surface area contributed by atoms with Crippen molar-refractivity contribution < 1.29 is 28.6 Å². The second-order valence-corrected chi connectivity index (χ2v) is 10.1. The lowest BCUT2D eigenvalue weighted by molar-refractivity contribution is -0.147. The molecule has 0 bridgehead atoms. The number of aliphatic carboxylic acids is 2. The number of hydrogen-bond acceptors (Lipinski definition) is 4. The van der Waals surface area contributed by atoms with Gasteiger partial charge in [-0.2, -0.15) is 0 Å². The number of carboxylic acid groups (broad SMARTS) is 2. The average molecular weight is 585 g/mol. The minimum absolute atomic E-state index is 0.0557. The van der Waals surface area contributed by atoms with Crippen LogP contribution >= 0.6 is 23.2 Å². The van der Waals surface area contributed by atoms with Crippen LogP contribution in [-0.2, 0) is 9.59 Å². The number of halogens is 4. The zero-order valence-corrected chi connectivity index (χ0v) is 22.8. The third-order valence-electron chi connectivity index (χ3n) is 6.39. The number of nitrogens with one attached hydrogen (secondary N) is 2. The first-order valence-electron chi connectivity index (χ1n) is 12.1. The summed E-state index contributed by atoms with van der Waals surface area (Å²) >= 11 is 12.4. The van der Waals surface area contributed by atoms with E-state index in [1.165, 1.54) is 60.7 Å². The molecule has 0 radical (unpaired) electrons. The Morgan fingerprint density at radius 3 is 1.38 bits per heavy atom. The van der Waals surface area contributed by atoms with Crippen molar-refractivity contribution in [3.63, 3.8) is 0 Å². The van der Waals surface area contributed by atoms with Gasteiger partial charge in [-0.1, -0.05) is 70.7 Å². The summed E-state index contributed by atoms with van der Waals surface area (Å²) < 4.78 is 29.2. The van der Waals surface area contributed by atoms with Crippen molar-refractivity contribution in [2.24, 2.45) is 0 Å². The normalized spacial score (nSPS) is 12.4. The zero-order valence-electron chi connectivity index (χ0n) is 21.3. The van der Waals surface area contributed by atoms with Crippen LogP contribution in [0.2, 0.25) is 10.0 Å². The van der Waals surface area contributed by atoms with Gasteiger partial charge in [0.25, 0.3) is 0 Å². The van der Waals surface area contributed by atoms with E-state index < -0.39 is 35.4 Å². The van der Waals surface area contributed by atoms with Crippen molar-refractivity contribution in [1.82, 2.24) is 0 Å². The van der Waals surface area contributed by atoms with E-state index in [0.29, 0.717) is 11.1 Å². The summed E-state index contributed by atoms with van der Waals surface area (Å²) in [6.07, 6.45) is 0. The number of carboxylic acids is 2. The Labute approximate surface area is 239 Å². The van der Waals surface area contributed by atoms with Gasteiger partial charge in [0, 0.05) is 11.4 Å². The van der Waals surface area contributed by atoms with Crippen LogP contribution in [0.25, 0.3) is 0 Å². The number of hydrogen-bond donors (Lipinski definition) is 4. The molecule has 0 fully saturated rings. The molecule has 0 saturated carbocycles. The summed E-state index contributed by atoms with van der Waals surface area (Å²) in [6.45, 7) is 3.44. The van der Waals surface area contributed by atoms with Crippen molar-refractivity contribution >= 4 is 57.9 Å². The van der Waals surface area contributed by atoms with Crippen LogP contribution in [0.3, 0.4) is 0 Å². The second-order valence-electron chi connectivity index (χ2n) is 9.26. The van der Waals surface area contributed by atoms with Gasteiger partial charge in [0.2, 0.25) is 0 Å². The van der Waals surface area contributed by atoms with Crippen molar-refractivity contribution in [1.29, 1.82) is 0 Å². The molecule has 4 aromatic carbocycles. The maximum atomic E-state index is 14.6. The Morgan fingerprint density at radius 2 is 1.05 bits per heavy atom. The van der Waals surface area contributed by atoms with Gasteiger partial charge in [-0.3, -0.25) is 9.59 Å². The lowest BCUT2D eigenvalue weighted by atomic mass is 9.79. The zero-order chi connectivity index (χ0) is 29.1. The molecule has 6 nitrogen and oxygen atoms in total. The quantitative estimate of drug-likeness (QED) is 0.157. The van der Waals surface area contributed by atoms with Crippen LogP contribution in [-0.4, -0.2) is 22.2 Å². The summed E-state index contributed by atoms with van der Waals surface area (Å²) in [5, 5.41) is 26.7. The van der Waals surface area contributed by atoms with Gasteiger partial charge in [-0.15, -0.1) is 0 Å². The number of aryl methyl sites for hydroxylation is 2. The van der Waals surface area contributed by atoms with Crippen LogP contribution in [0, 0.1) is 25.5 Å². The number of anilines is 4. The molecule has 10 heteroatoms. The number of carbonyl (C=O) groups is 2. The van der Waals surface area contributed by atoms with Gasteiger partial charge in [0.05, 0.1) is 21.4 Å². The SMILES string of the molecule is Cc1ccc(Nc2c(F)cccc2Cl)c(C(C(=O)O)C(C(=O)O)c2cc(C)ccc2Nc2c(F)cccc2Cl)c1. The monoisotopic (exact) mass is 584 g/mol. The smallest absolute Gasteiger partial charge is 0.312 e. The van der Waals surface area contributed by atoms with Crippen LogP contribution in [0.1, 0.15) is 34.1 Å². The Hall–Kier alpha value is -4.14. The first kappa shape index (κ1) is 28.9. The van der Waals surface area contributed by atoms with E-state index in [0.717, 1.165) is 0 Å². The molecule has 0 aliphatic carbocycles. The summed E-state index contributed by atoms with van der Waals surface area (Å²) in [5.41, 5.74) is 1.64. The third-order valence-corrected chi connectivity index (χ3v) is 7.02. The molecule has 0 heterocycles. The van der Waals surface area contributed by atoms with E-state index in [1.54, 1.807) is 26.0 Å². The molecule has 4 N–H and O–H groups in total.